The molecule has 0 saturated heterocycles. The van der Waals surface area contributed by atoms with E-state index in [4.69, 9.17) is 23.2 Å². The molecule has 0 fully saturated rings. The summed E-state index contributed by atoms with van der Waals surface area (Å²) < 4.78 is 1.59. The van der Waals surface area contributed by atoms with Crippen molar-refractivity contribution in [1.29, 1.82) is 0 Å². The van der Waals surface area contributed by atoms with Crippen molar-refractivity contribution in [2.45, 2.75) is 19.8 Å². The third-order valence-electron chi connectivity index (χ3n) is 2.09. The van der Waals surface area contributed by atoms with Crippen molar-refractivity contribution in [3.8, 4) is 0 Å². The fraction of sp³-hybridized carbons (Fsp3) is 0.333. The summed E-state index contributed by atoms with van der Waals surface area (Å²) in [5.74, 6) is 0.391. The molecule has 2 aromatic heterocycles. The van der Waals surface area contributed by atoms with Crippen molar-refractivity contribution in [3.63, 3.8) is 0 Å². The maximum Gasteiger partial charge on any atom is 0.225 e. The molecule has 2 heterocycles. The molecule has 0 spiro atoms. The average Bonchev–Trinajstić information content (AvgIpc) is 2.47. The van der Waals surface area contributed by atoms with E-state index in [9.17, 15) is 0 Å². The highest BCUT2D eigenvalue weighted by Crippen LogP contribution is 2.24. The van der Waals surface area contributed by atoms with Gasteiger partial charge in [0.2, 0.25) is 5.28 Å². The van der Waals surface area contributed by atoms with Crippen LogP contribution in [0.1, 0.15) is 25.3 Å². The van der Waals surface area contributed by atoms with Crippen LogP contribution in [0.5, 0.6) is 0 Å². The Morgan fingerprint density at radius 1 is 1.36 bits per heavy atom. The van der Waals surface area contributed by atoms with Crippen LogP contribution >= 0.6 is 23.2 Å². The molecule has 74 valence electrons. The number of hydrogen-bond acceptors (Lipinski definition) is 2. The minimum absolute atomic E-state index is 0.291. The van der Waals surface area contributed by atoms with E-state index in [1.165, 1.54) is 0 Å². The van der Waals surface area contributed by atoms with E-state index in [1.807, 2.05) is 0 Å². The van der Waals surface area contributed by atoms with Crippen LogP contribution in [0.3, 0.4) is 0 Å². The van der Waals surface area contributed by atoms with Crippen LogP contribution < -0.4 is 0 Å². The molecule has 3 nitrogen and oxygen atoms in total. The Bertz CT molecular complexity index is 476. The lowest BCUT2D eigenvalue weighted by Gasteiger charge is -2.02. The number of rotatable bonds is 1. The lowest BCUT2D eigenvalue weighted by Crippen LogP contribution is -1.93. The first-order valence-electron chi connectivity index (χ1n) is 4.29. The SMILES string of the molecule is CC(C)c1cnn2c(Cl)nc(Cl)cc12. The van der Waals surface area contributed by atoms with Crippen LogP contribution in [-0.4, -0.2) is 14.6 Å². The lowest BCUT2D eigenvalue weighted by molar-refractivity contribution is 0.875. The van der Waals surface area contributed by atoms with Gasteiger partial charge in [-0.15, -0.1) is 0 Å². The quantitative estimate of drug-likeness (QED) is 0.556. The molecule has 0 aliphatic rings. The van der Waals surface area contributed by atoms with Gasteiger partial charge in [-0.1, -0.05) is 25.4 Å². The second-order valence-corrected chi connectivity index (χ2v) is 4.12. The van der Waals surface area contributed by atoms with Crippen molar-refractivity contribution >= 4 is 28.7 Å². The molecular weight excluding hydrogens is 221 g/mol. The first-order chi connectivity index (χ1) is 6.59. The molecule has 0 saturated carbocycles. The number of fused-ring (bicyclic) bond motifs is 1. The molecule has 2 aromatic rings. The molecule has 0 radical (unpaired) electrons. The minimum Gasteiger partial charge on any atom is -0.206 e. The van der Waals surface area contributed by atoms with Crippen molar-refractivity contribution in [2.75, 3.05) is 0 Å². The number of hydrogen-bond donors (Lipinski definition) is 0. The highest BCUT2D eigenvalue weighted by atomic mass is 35.5. The fourth-order valence-corrected chi connectivity index (χ4v) is 1.84. The van der Waals surface area contributed by atoms with Crippen LogP contribution in [0.25, 0.3) is 5.52 Å². The number of nitrogens with zero attached hydrogens (tertiary/aromatic N) is 3. The largest absolute Gasteiger partial charge is 0.225 e. The van der Waals surface area contributed by atoms with E-state index in [0.717, 1.165) is 11.1 Å². The van der Waals surface area contributed by atoms with Crippen LogP contribution in [0.4, 0.5) is 0 Å². The van der Waals surface area contributed by atoms with E-state index in [0.29, 0.717) is 16.4 Å². The van der Waals surface area contributed by atoms with E-state index in [2.05, 4.69) is 23.9 Å². The summed E-state index contributed by atoms with van der Waals surface area (Å²) >= 11 is 11.7. The zero-order valence-electron chi connectivity index (χ0n) is 7.83. The fourth-order valence-electron chi connectivity index (χ4n) is 1.39. The normalized spacial score (nSPS) is 11.5. The highest BCUT2D eigenvalue weighted by Gasteiger charge is 2.11. The maximum absolute atomic E-state index is 5.89. The highest BCUT2D eigenvalue weighted by molar-refractivity contribution is 6.32. The lowest BCUT2D eigenvalue weighted by atomic mass is 10.1. The minimum atomic E-state index is 0.291. The van der Waals surface area contributed by atoms with Gasteiger partial charge in [-0.05, 0) is 17.5 Å². The monoisotopic (exact) mass is 229 g/mol. The zero-order chi connectivity index (χ0) is 10.3. The Hall–Kier alpha value is -0.800. The molecule has 0 aliphatic heterocycles. The predicted octanol–water partition coefficient (Wildman–Crippen LogP) is 3.16. The average molecular weight is 230 g/mol. The van der Waals surface area contributed by atoms with Gasteiger partial charge in [0.05, 0.1) is 11.7 Å². The van der Waals surface area contributed by atoms with Gasteiger partial charge in [0.15, 0.2) is 0 Å². The molecule has 0 aromatic carbocycles. The molecule has 0 aliphatic carbocycles. The van der Waals surface area contributed by atoms with Crippen LogP contribution in [0.15, 0.2) is 12.3 Å². The molecule has 14 heavy (non-hydrogen) atoms. The maximum atomic E-state index is 5.89. The third-order valence-corrected chi connectivity index (χ3v) is 2.53. The first-order valence-corrected chi connectivity index (χ1v) is 5.05. The summed E-state index contributed by atoms with van der Waals surface area (Å²) in [6, 6.07) is 1.77. The zero-order valence-corrected chi connectivity index (χ0v) is 9.34. The van der Waals surface area contributed by atoms with Crippen LogP contribution in [-0.2, 0) is 0 Å². The van der Waals surface area contributed by atoms with Gasteiger partial charge in [0.1, 0.15) is 5.15 Å². The van der Waals surface area contributed by atoms with Gasteiger partial charge in [0, 0.05) is 11.6 Å². The smallest absolute Gasteiger partial charge is 0.206 e. The number of aromatic nitrogens is 3. The van der Waals surface area contributed by atoms with Gasteiger partial charge in [-0.3, -0.25) is 0 Å². The molecule has 0 bridgehead atoms. The Balaban J connectivity index is 2.78. The standard InChI is InChI=1S/C9H9Cl2N3/c1-5(2)6-4-12-14-7(6)3-8(10)13-9(14)11/h3-5H,1-2H3. The van der Waals surface area contributed by atoms with E-state index in [1.54, 1.807) is 16.8 Å². The molecule has 0 amide bonds. The Labute approximate surface area is 91.7 Å². The summed E-state index contributed by atoms with van der Waals surface area (Å²) in [6.45, 7) is 4.19. The van der Waals surface area contributed by atoms with Gasteiger partial charge >= 0.3 is 0 Å². The third kappa shape index (κ3) is 1.47. The second-order valence-electron chi connectivity index (χ2n) is 3.40. The number of halogens is 2. The Kier molecular flexibility index (Phi) is 2.37. The summed E-state index contributed by atoms with van der Waals surface area (Å²) in [5.41, 5.74) is 2.04. The first kappa shape index (κ1) is 9.74. The van der Waals surface area contributed by atoms with Crippen molar-refractivity contribution in [2.24, 2.45) is 0 Å². The Morgan fingerprint density at radius 3 is 2.71 bits per heavy atom. The van der Waals surface area contributed by atoms with Crippen LogP contribution in [0.2, 0.25) is 10.4 Å². The van der Waals surface area contributed by atoms with E-state index in [-0.39, 0.29) is 0 Å². The van der Waals surface area contributed by atoms with Gasteiger partial charge in [-0.25, -0.2) is 9.50 Å². The summed E-state index contributed by atoms with van der Waals surface area (Å²) in [4.78, 5) is 3.91. The van der Waals surface area contributed by atoms with E-state index < -0.39 is 0 Å². The molecule has 0 atom stereocenters. The molecule has 0 unspecified atom stereocenters. The van der Waals surface area contributed by atoms with E-state index >= 15 is 0 Å². The molecule has 0 N–H and O–H groups in total. The Morgan fingerprint density at radius 2 is 2.07 bits per heavy atom. The van der Waals surface area contributed by atoms with Crippen molar-refractivity contribution in [3.05, 3.63) is 28.3 Å². The van der Waals surface area contributed by atoms with Crippen molar-refractivity contribution < 1.29 is 0 Å². The van der Waals surface area contributed by atoms with Gasteiger partial charge in [0.25, 0.3) is 0 Å². The second kappa shape index (κ2) is 3.41. The summed E-state index contributed by atoms with van der Waals surface area (Å²) in [6.07, 6.45) is 1.80. The molecule has 5 heteroatoms. The topological polar surface area (TPSA) is 30.2 Å². The molecule has 2 rings (SSSR count). The van der Waals surface area contributed by atoms with Crippen molar-refractivity contribution in [1.82, 2.24) is 14.6 Å². The van der Waals surface area contributed by atoms with Crippen LogP contribution in [0, 0.1) is 0 Å². The summed E-state index contributed by atoms with van der Waals surface area (Å²) in [5, 5.41) is 4.83. The molecular formula is C9H9Cl2N3. The predicted molar refractivity (Wildman–Crippen MR) is 57.1 cm³/mol. The van der Waals surface area contributed by atoms with Gasteiger partial charge < -0.3 is 0 Å². The summed E-state index contributed by atoms with van der Waals surface area (Å²) in [7, 11) is 0. The van der Waals surface area contributed by atoms with Gasteiger partial charge in [-0.2, -0.15) is 5.10 Å².